The van der Waals surface area contributed by atoms with E-state index in [4.69, 9.17) is 37.5 Å². The van der Waals surface area contributed by atoms with Crippen molar-refractivity contribution in [1.82, 2.24) is 14.8 Å². The van der Waals surface area contributed by atoms with E-state index in [1.807, 2.05) is 0 Å². The molecule has 186 valence electrons. The molecule has 0 atom stereocenters. The van der Waals surface area contributed by atoms with Crippen molar-refractivity contribution in [3.8, 4) is 5.75 Å². The number of unbranched alkanes of at least 4 members (excludes halogenated alkanes) is 1. The predicted octanol–water partition coefficient (Wildman–Crippen LogP) is 4.10. The van der Waals surface area contributed by atoms with E-state index >= 15 is 0 Å². The minimum atomic E-state index is -0.225. The zero-order valence-corrected chi connectivity index (χ0v) is 20.9. The van der Waals surface area contributed by atoms with Crippen LogP contribution in [0.15, 0.2) is 35.0 Å². The molecule has 0 unspecified atom stereocenters. The largest absolute Gasteiger partial charge is 0.493 e. The molecular formula is C25H27Cl2N3O5. The highest BCUT2D eigenvalue weighted by Crippen LogP contribution is 2.34. The molecule has 8 nitrogen and oxygen atoms in total. The third kappa shape index (κ3) is 5.62. The van der Waals surface area contributed by atoms with Gasteiger partial charge in [0, 0.05) is 68.1 Å². The van der Waals surface area contributed by atoms with Crippen LogP contribution in [0.2, 0.25) is 10.0 Å². The monoisotopic (exact) mass is 519 g/mol. The Morgan fingerprint density at radius 1 is 1.11 bits per heavy atom. The first kappa shape index (κ1) is 25.4. The van der Waals surface area contributed by atoms with Gasteiger partial charge in [-0.05, 0) is 37.6 Å². The van der Waals surface area contributed by atoms with Gasteiger partial charge in [0.25, 0.3) is 5.91 Å². The van der Waals surface area contributed by atoms with E-state index in [1.54, 1.807) is 23.1 Å². The summed E-state index contributed by atoms with van der Waals surface area (Å²) in [5.74, 6) is 0.150. The molecular weight excluding hydrogens is 493 g/mol. The average Bonchev–Trinajstić information content (AvgIpc) is 3.31. The number of benzene rings is 1. The number of piperazine rings is 1. The number of Topliss-reactive ketones (excluding diaryl/α,β-unsaturated/α-hetero) is 1. The summed E-state index contributed by atoms with van der Waals surface area (Å²) in [5.41, 5.74) is 1.23. The molecule has 1 fully saturated rings. The lowest BCUT2D eigenvalue weighted by atomic mass is 10.00. The number of hydrogen-bond acceptors (Lipinski definition) is 7. The van der Waals surface area contributed by atoms with Gasteiger partial charge in [0.1, 0.15) is 0 Å². The van der Waals surface area contributed by atoms with Crippen LogP contribution in [0.5, 0.6) is 5.75 Å². The van der Waals surface area contributed by atoms with E-state index in [1.165, 1.54) is 19.5 Å². The topological polar surface area (TPSA) is 96.1 Å². The van der Waals surface area contributed by atoms with Gasteiger partial charge < -0.3 is 19.2 Å². The first-order chi connectivity index (χ1) is 16.9. The normalized spacial score (nSPS) is 14.5. The number of nitrogens with zero attached hydrogens (tertiary/aromatic N) is 3. The van der Waals surface area contributed by atoms with Crippen LogP contribution in [0.3, 0.4) is 0 Å². The Morgan fingerprint density at radius 2 is 1.83 bits per heavy atom. The molecule has 2 aromatic heterocycles. The zero-order valence-electron chi connectivity index (χ0n) is 19.4. The number of aromatic nitrogens is 1. The molecule has 35 heavy (non-hydrogen) atoms. The number of carbonyl (C=O) groups excluding carboxylic acids is 2. The number of rotatable bonds is 9. The van der Waals surface area contributed by atoms with Crippen molar-refractivity contribution in [2.24, 2.45) is 0 Å². The molecule has 0 aliphatic carbocycles. The molecule has 4 rings (SSSR count). The standard InChI is InChI=1S/C25H27Cl2N3O5/c1-34-22-5-4-16(21(32)12-18-19(26)14-28-15-20(18)27)17-13-23(35-24(17)22)25(33)30-9-7-29(8-10-30)6-2-3-11-31/h4-5,13-15,31H,2-3,6-12H2,1H3. The number of carbonyl (C=O) groups is 2. The van der Waals surface area contributed by atoms with Crippen LogP contribution in [0, 0.1) is 0 Å². The Hall–Kier alpha value is -2.65. The van der Waals surface area contributed by atoms with E-state index < -0.39 is 0 Å². The number of fused-ring (bicyclic) bond motifs is 1. The number of amides is 1. The van der Waals surface area contributed by atoms with Crippen molar-refractivity contribution in [3.05, 3.63) is 57.5 Å². The van der Waals surface area contributed by atoms with Crippen LogP contribution < -0.4 is 4.74 Å². The summed E-state index contributed by atoms with van der Waals surface area (Å²) in [5, 5.41) is 10.1. The van der Waals surface area contributed by atoms with Crippen molar-refractivity contribution < 1.29 is 23.8 Å². The van der Waals surface area contributed by atoms with Crippen molar-refractivity contribution in [1.29, 1.82) is 0 Å². The van der Waals surface area contributed by atoms with Gasteiger partial charge in [0.15, 0.2) is 22.9 Å². The van der Waals surface area contributed by atoms with E-state index in [-0.39, 0.29) is 30.5 Å². The number of aliphatic hydroxyl groups excluding tert-OH is 1. The van der Waals surface area contributed by atoms with Crippen LogP contribution >= 0.6 is 23.2 Å². The van der Waals surface area contributed by atoms with Gasteiger partial charge in [-0.1, -0.05) is 23.2 Å². The molecule has 0 radical (unpaired) electrons. The van der Waals surface area contributed by atoms with Gasteiger partial charge >= 0.3 is 0 Å². The average molecular weight is 520 g/mol. The quantitative estimate of drug-likeness (QED) is 0.335. The second-order valence-electron chi connectivity index (χ2n) is 8.42. The fourth-order valence-corrected chi connectivity index (χ4v) is 4.75. The number of aliphatic hydroxyl groups is 1. The third-order valence-electron chi connectivity index (χ3n) is 6.21. The molecule has 1 saturated heterocycles. The number of hydrogen-bond donors (Lipinski definition) is 1. The number of ketones is 1. The molecule has 1 aliphatic rings. The maximum atomic E-state index is 13.2. The smallest absolute Gasteiger partial charge is 0.289 e. The highest BCUT2D eigenvalue weighted by Gasteiger charge is 2.27. The summed E-state index contributed by atoms with van der Waals surface area (Å²) >= 11 is 12.4. The first-order valence-corrected chi connectivity index (χ1v) is 12.2. The predicted molar refractivity (Wildman–Crippen MR) is 134 cm³/mol. The highest BCUT2D eigenvalue weighted by atomic mass is 35.5. The van der Waals surface area contributed by atoms with Crippen molar-refractivity contribution >= 4 is 45.9 Å². The van der Waals surface area contributed by atoms with Crippen LogP contribution in [0.1, 0.15) is 39.3 Å². The Labute approximate surface area is 213 Å². The molecule has 3 aromatic rings. The second kappa shape index (κ2) is 11.4. The lowest BCUT2D eigenvalue weighted by molar-refractivity contribution is 0.0605. The minimum absolute atomic E-state index is 0.0195. The highest BCUT2D eigenvalue weighted by molar-refractivity contribution is 6.36. The molecule has 0 bridgehead atoms. The fourth-order valence-electron chi connectivity index (χ4n) is 4.25. The van der Waals surface area contributed by atoms with E-state index in [0.717, 1.165) is 32.5 Å². The molecule has 1 aromatic carbocycles. The molecule has 1 amide bonds. The second-order valence-corrected chi connectivity index (χ2v) is 9.23. The summed E-state index contributed by atoms with van der Waals surface area (Å²) in [7, 11) is 1.51. The SMILES string of the molecule is COc1ccc(C(=O)Cc2c(Cl)cncc2Cl)c2cc(C(=O)N3CCN(CCCCO)CC3)oc12. The van der Waals surface area contributed by atoms with Crippen molar-refractivity contribution in [3.63, 3.8) is 0 Å². The van der Waals surface area contributed by atoms with E-state index in [0.29, 0.717) is 51.0 Å². The van der Waals surface area contributed by atoms with Gasteiger partial charge in [-0.15, -0.1) is 0 Å². The molecule has 10 heteroatoms. The Balaban J connectivity index is 1.56. The Bertz CT molecular complexity index is 1200. The summed E-state index contributed by atoms with van der Waals surface area (Å²) in [4.78, 5) is 34.4. The lowest BCUT2D eigenvalue weighted by Gasteiger charge is -2.34. The number of halogens is 2. The maximum absolute atomic E-state index is 13.2. The minimum Gasteiger partial charge on any atom is -0.493 e. The van der Waals surface area contributed by atoms with Gasteiger partial charge in [0.05, 0.1) is 17.2 Å². The van der Waals surface area contributed by atoms with E-state index in [9.17, 15) is 9.59 Å². The van der Waals surface area contributed by atoms with Crippen LogP contribution in [-0.2, 0) is 6.42 Å². The van der Waals surface area contributed by atoms with Crippen molar-refractivity contribution in [2.75, 3.05) is 46.4 Å². The number of methoxy groups -OCH3 is 1. The Kier molecular flexibility index (Phi) is 8.28. The summed E-state index contributed by atoms with van der Waals surface area (Å²) in [6, 6.07) is 4.91. The lowest BCUT2D eigenvalue weighted by Crippen LogP contribution is -2.48. The summed E-state index contributed by atoms with van der Waals surface area (Å²) < 4.78 is 11.3. The molecule has 3 heterocycles. The number of pyridine rings is 1. The summed E-state index contributed by atoms with van der Waals surface area (Å²) in [6.45, 7) is 3.78. The molecule has 1 aliphatic heterocycles. The molecule has 1 N–H and O–H groups in total. The van der Waals surface area contributed by atoms with Gasteiger partial charge in [-0.3, -0.25) is 19.5 Å². The van der Waals surface area contributed by atoms with Crippen LogP contribution in [-0.4, -0.2) is 78.0 Å². The van der Waals surface area contributed by atoms with Crippen LogP contribution in [0.25, 0.3) is 11.0 Å². The fraction of sp³-hybridized carbons (Fsp3) is 0.400. The van der Waals surface area contributed by atoms with Crippen LogP contribution in [0.4, 0.5) is 0 Å². The zero-order chi connectivity index (χ0) is 24.9. The van der Waals surface area contributed by atoms with Gasteiger partial charge in [-0.2, -0.15) is 0 Å². The van der Waals surface area contributed by atoms with Gasteiger partial charge in [0.2, 0.25) is 0 Å². The van der Waals surface area contributed by atoms with E-state index in [2.05, 4.69) is 9.88 Å². The maximum Gasteiger partial charge on any atom is 0.289 e. The Morgan fingerprint density at radius 3 is 2.49 bits per heavy atom. The number of ether oxygens (including phenoxy) is 1. The first-order valence-electron chi connectivity index (χ1n) is 11.5. The third-order valence-corrected chi connectivity index (χ3v) is 6.86. The number of furan rings is 1. The molecule has 0 saturated carbocycles. The van der Waals surface area contributed by atoms with Gasteiger partial charge in [-0.25, -0.2) is 0 Å². The molecule has 0 spiro atoms. The van der Waals surface area contributed by atoms with Crippen molar-refractivity contribution in [2.45, 2.75) is 19.3 Å². The summed E-state index contributed by atoms with van der Waals surface area (Å²) in [6.07, 6.45) is 4.58.